The van der Waals surface area contributed by atoms with Crippen LogP contribution in [-0.4, -0.2) is 15.5 Å². The van der Waals surface area contributed by atoms with Crippen LogP contribution in [0.25, 0.3) is 11.0 Å². The molecule has 25 heavy (non-hydrogen) atoms. The highest BCUT2D eigenvalue weighted by molar-refractivity contribution is 5.96. The third-order valence-electron chi connectivity index (χ3n) is 4.02. The number of benzene rings is 2. The average molecular weight is 331 g/mol. The van der Waals surface area contributed by atoms with Crippen LogP contribution in [0.4, 0.5) is 0 Å². The molecular weight excluding hydrogens is 314 g/mol. The van der Waals surface area contributed by atoms with Gasteiger partial charge in [0.05, 0.1) is 6.33 Å². The summed E-state index contributed by atoms with van der Waals surface area (Å²) < 4.78 is 7.60. The standard InChI is InChI=1S/C20H17N3O2/c24-20(19-11-17-6-1-2-7-18(17)25-19)22-12-15-4-3-5-16(10-15)13-23-9-8-21-14-23/h1-11,14H,12-13H2,(H,22,24). The van der Waals surface area contributed by atoms with E-state index in [1.54, 1.807) is 18.6 Å². The van der Waals surface area contributed by atoms with Crippen LogP contribution in [0.5, 0.6) is 0 Å². The van der Waals surface area contributed by atoms with E-state index in [0.717, 1.165) is 28.6 Å². The van der Waals surface area contributed by atoms with Crippen molar-refractivity contribution in [1.82, 2.24) is 14.9 Å². The summed E-state index contributed by atoms with van der Waals surface area (Å²) in [5.41, 5.74) is 2.92. The van der Waals surface area contributed by atoms with Crippen molar-refractivity contribution in [2.75, 3.05) is 0 Å². The number of aromatic nitrogens is 2. The number of nitrogens with one attached hydrogen (secondary N) is 1. The SMILES string of the molecule is O=C(NCc1cccc(Cn2ccnc2)c1)c1cc2ccccc2o1. The first-order valence-corrected chi connectivity index (χ1v) is 8.08. The summed E-state index contributed by atoms with van der Waals surface area (Å²) in [5, 5.41) is 3.84. The van der Waals surface area contributed by atoms with E-state index in [0.29, 0.717) is 12.3 Å². The Morgan fingerprint density at radius 2 is 1.96 bits per heavy atom. The van der Waals surface area contributed by atoms with Crippen LogP contribution >= 0.6 is 0 Å². The number of amides is 1. The summed E-state index contributed by atoms with van der Waals surface area (Å²) in [6.07, 6.45) is 5.48. The van der Waals surface area contributed by atoms with Crippen LogP contribution in [0.15, 0.2) is 77.7 Å². The van der Waals surface area contributed by atoms with Crippen molar-refractivity contribution >= 4 is 16.9 Å². The molecule has 2 heterocycles. The van der Waals surface area contributed by atoms with E-state index in [1.165, 1.54) is 0 Å². The van der Waals surface area contributed by atoms with Gasteiger partial charge >= 0.3 is 0 Å². The number of hydrogen-bond donors (Lipinski definition) is 1. The summed E-state index contributed by atoms with van der Waals surface area (Å²) in [4.78, 5) is 16.4. The van der Waals surface area contributed by atoms with Crippen molar-refractivity contribution in [3.8, 4) is 0 Å². The fourth-order valence-corrected chi connectivity index (χ4v) is 2.79. The number of para-hydroxylation sites is 1. The lowest BCUT2D eigenvalue weighted by atomic mass is 10.1. The third-order valence-corrected chi connectivity index (χ3v) is 4.02. The first-order valence-electron chi connectivity index (χ1n) is 8.08. The molecule has 1 N–H and O–H groups in total. The predicted molar refractivity (Wildman–Crippen MR) is 95.2 cm³/mol. The zero-order chi connectivity index (χ0) is 17.1. The van der Waals surface area contributed by atoms with Gasteiger partial charge in [-0.15, -0.1) is 0 Å². The lowest BCUT2D eigenvalue weighted by Crippen LogP contribution is -2.22. The maximum absolute atomic E-state index is 12.3. The zero-order valence-corrected chi connectivity index (χ0v) is 13.6. The van der Waals surface area contributed by atoms with Crippen LogP contribution in [0.2, 0.25) is 0 Å². The Morgan fingerprint density at radius 3 is 2.80 bits per heavy atom. The van der Waals surface area contributed by atoms with E-state index in [9.17, 15) is 4.79 Å². The van der Waals surface area contributed by atoms with E-state index in [-0.39, 0.29) is 5.91 Å². The van der Waals surface area contributed by atoms with Crippen molar-refractivity contribution in [3.05, 3.63) is 90.2 Å². The summed E-state index contributed by atoms with van der Waals surface area (Å²) in [6.45, 7) is 1.21. The maximum atomic E-state index is 12.3. The summed E-state index contributed by atoms with van der Waals surface area (Å²) in [7, 11) is 0. The molecule has 0 fully saturated rings. The Labute approximate surface area is 144 Å². The number of carbonyl (C=O) groups excluding carboxylic acids is 1. The molecule has 0 aliphatic heterocycles. The van der Waals surface area contributed by atoms with Gasteiger partial charge in [0, 0.05) is 30.9 Å². The van der Waals surface area contributed by atoms with Gasteiger partial charge in [0.15, 0.2) is 5.76 Å². The zero-order valence-electron chi connectivity index (χ0n) is 13.6. The van der Waals surface area contributed by atoms with Gasteiger partial charge in [-0.2, -0.15) is 0 Å². The van der Waals surface area contributed by atoms with Crippen molar-refractivity contribution in [1.29, 1.82) is 0 Å². The van der Waals surface area contributed by atoms with Crippen LogP contribution in [0.3, 0.4) is 0 Å². The first-order chi connectivity index (χ1) is 12.3. The van der Waals surface area contributed by atoms with Gasteiger partial charge < -0.3 is 14.3 Å². The highest BCUT2D eigenvalue weighted by atomic mass is 16.3. The Bertz CT molecular complexity index is 970. The minimum absolute atomic E-state index is 0.212. The number of hydrogen-bond acceptors (Lipinski definition) is 3. The lowest BCUT2D eigenvalue weighted by Gasteiger charge is -2.07. The molecule has 0 bridgehead atoms. The predicted octanol–water partition coefficient (Wildman–Crippen LogP) is 3.61. The van der Waals surface area contributed by atoms with E-state index >= 15 is 0 Å². The molecular formula is C20H17N3O2. The molecule has 5 nitrogen and oxygen atoms in total. The molecule has 0 aliphatic carbocycles. The molecule has 0 saturated heterocycles. The van der Waals surface area contributed by atoms with Gasteiger partial charge in [0.1, 0.15) is 5.58 Å². The van der Waals surface area contributed by atoms with Crippen molar-refractivity contribution < 1.29 is 9.21 Å². The lowest BCUT2D eigenvalue weighted by molar-refractivity contribution is 0.0925. The monoisotopic (exact) mass is 331 g/mol. The second-order valence-electron chi connectivity index (χ2n) is 5.89. The highest BCUT2D eigenvalue weighted by Crippen LogP contribution is 2.18. The molecule has 0 saturated carbocycles. The maximum Gasteiger partial charge on any atom is 0.287 e. The van der Waals surface area contributed by atoms with Crippen LogP contribution in [0, 0.1) is 0 Å². The summed E-state index contributed by atoms with van der Waals surface area (Å²) >= 11 is 0. The second-order valence-corrected chi connectivity index (χ2v) is 5.89. The minimum Gasteiger partial charge on any atom is -0.451 e. The molecule has 0 unspecified atom stereocenters. The van der Waals surface area contributed by atoms with Crippen molar-refractivity contribution in [3.63, 3.8) is 0 Å². The van der Waals surface area contributed by atoms with Gasteiger partial charge in [-0.3, -0.25) is 4.79 Å². The quantitative estimate of drug-likeness (QED) is 0.608. The number of furan rings is 1. The molecule has 4 aromatic rings. The van der Waals surface area contributed by atoms with E-state index in [2.05, 4.69) is 22.4 Å². The molecule has 1 amide bonds. The van der Waals surface area contributed by atoms with Crippen LogP contribution in [-0.2, 0) is 13.1 Å². The van der Waals surface area contributed by atoms with E-state index < -0.39 is 0 Å². The third kappa shape index (κ3) is 3.45. The molecule has 4 rings (SSSR count). The van der Waals surface area contributed by atoms with Gasteiger partial charge in [0.25, 0.3) is 5.91 Å². The van der Waals surface area contributed by atoms with Gasteiger partial charge in [0.2, 0.25) is 0 Å². The number of nitrogens with zero attached hydrogens (tertiary/aromatic N) is 2. The fraction of sp³-hybridized carbons (Fsp3) is 0.100. The van der Waals surface area contributed by atoms with Crippen molar-refractivity contribution in [2.24, 2.45) is 0 Å². The molecule has 0 aliphatic rings. The topological polar surface area (TPSA) is 60.1 Å². The number of fused-ring (bicyclic) bond motifs is 1. The molecule has 2 aromatic carbocycles. The number of rotatable bonds is 5. The smallest absolute Gasteiger partial charge is 0.287 e. The van der Waals surface area contributed by atoms with Gasteiger partial charge in [-0.05, 0) is 23.3 Å². The second kappa shape index (κ2) is 6.65. The minimum atomic E-state index is -0.212. The molecule has 0 atom stereocenters. The fourth-order valence-electron chi connectivity index (χ4n) is 2.79. The van der Waals surface area contributed by atoms with Gasteiger partial charge in [-0.25, -0.2) is 4.98 Å². The first kappa shape index (κ1) is 15.2. The Morgan fingerprint density at radius 1 is 1.08 bits per heavy atom. The van der Waals surface area contributed by atoms with Gasteiger partial charge in [-0.1, -0.05) is 42.5 Å². The molecule has 5 heteroatoms. The largest absolute Gasteiger partial charge is 0.451 e. The van der Waals surface area contributed by atoms with E-state index in [4.69, 9.17) is 4.42 Å². The Balaban J connectivity index is 1.43. The average Bonchev–Trinajstić information content (AvgIpc) is 3.29. The molecule has 0 spiro atoms. The summed E-state index contributed by atoms with van der Waals surface area (Å²) in [6, 6.07) is 17.5. The molecule has 2 aromatic heterocycles. The number of carbonyl (C=O) groups is 1. The summed E-state index contributed by atoms with van der Waals surface area (Å²) in [5.74, 6) is 0.118. The van der Waals surface area contributed by atoms with Crippen molar-refractivity contribution in [2.45, 2.75) is 13.1 Å². The number of imidazole rings is 1. The van der Waals surface area contributed by atoms with E-state index in [1.807, 2.05) is 47.2 Å². The Hall–Kier alpha value is -3.34. The van der Waals surface area contributed by atoms with Crippen LogP contribution < -0.4 is 5.32 Å². The highest BCUT2D eigenvalue weighted by Gasteiger charge is 2.11. The molecule has 0 radical (unpaired) electrons. The normalized spacial score (nSPS) is 10.9. The van der Waals surface area contributed by atoms with Crippen LogP contribution in [0.1, 0.15) is 21.7 Å². The Kier molecular flexibility index (Phi) is 4.04. The molecule has 124 valence electrons.